The zero-order valence-corrected chi connectivity index (χ0v) is 11.6. The third-order valence-electron chi connectivity index (χ3n) is 1.54. The van der Waals surface area contributed by atoms with Gasteiger partial charge in [-0.1, -0.05) is 0 Å². The van der Waals surface area contributed by atoms with Gasteiger partial charge in [-0.05, 0) is 6.92 Å². The number of hydrazone groups is 1. The lowest BCUT2D eigenvalue weighted by atomic mass is 10.2. The van der Waals surface area contributed by atoms with E-state index in [9.17, 15) is 18.0 Å². The van der Waals surface area contributed by atoms with Crippen LogP contribution in [0.2, 0.25) is 0 Å². The summed E-state index contributed by atoms with van der Waals surface area (Å²) in [4.78, 5) is 11.2. The molecule has 0 aromatic heterocycles. The van der Waals surface area contributed by atoms with Crippen molar-refractivity contribution < 1.29 is 27.4 Å². The van der Waals surface area contributed by atoms with E-state index in [1.54, 1.807) is 0 Å². The minimum atomic E-state index is -4.75. The van der Waals surface area contributed by atoms with Crippen molar-refractivity contribution in [1.29, 1.82) is 0 Å². The number of hydrogen-bond donors (Lipinski definition) is 1. The molecule has 0 saturated carbocycles. The maximum absolute atomic E-state index is 12.6. The van der Waals surface area contributed by atoms with Gasteiger partial charge in [0.15, 0.2) is 0 Å². The second kappa shape index (κ2) is 7.19. The van der Waals surface area contributed by atoms with Crippen molar-refractivity contribution in [2.45, 2.75) is 13.1 Å². The van der Waals surface area contributed by atoms with E-state index in [2.05, 4.69) is 19.0 Å². The predicted molar refractivity (Wildman–Crippen MR) is 56.9 cm³/mol. The summed E-state index contributed by atoms with van der Waals surface area (Å²) in [7, 11) is 0.958. The molecule has 0 radical (unpaired) electrons. The number of allylic oxidation sites excluding steroid dienone is 1. The van der Waals surface area contributed by atoms with Gasteiger partial charge in [-0.2, -0.15) is 13.2 Å². The maximum Gasteiger partial charge on any atom is 0.421 e. The quantitative estimate of drug-likeness (QED) is 0.192. The van der Waals surface area contributed by atoms with Gasteiger partial charge in [-0.25, -0.2) is 9.90 Å². The van der Waals surface area contributed by atoms with E-state index in [-0.39, 0.29) is 6.61 Å². The first kappa shape index (κ1) is 15.8. The number of methoxy groups -OCH3 is 1. The van der Waals surface area contributed by atoms with Crippen molar-refractivity contribution in [2.75, 3.05) is 13.7 Å². The molecule has 0 rings (SSSR count). The highest BCUT2D eigenvalue weighted by Crippen LogP contribution is 2.27. The number of hydrogen-bond acceptors (Lipinski definition) is 5. The molecule has 0 heterocycles. The number of carbonyl (C=O) groups excluding carboxylic acids is 1. The molecule has 17 heavy (non-hydrogen) atoms. The van der Waals surface area contributed by atoms with Gasteiger partial charge < -0.3 is 13.9 Å². The lowest BCUT2D eigenvalue weighted by molar-refractivity contribution is -0.143. The van der Waals surface area contributed by atoms with E-state index < -0.39 is 23.5 Å². The van der Waals surface area contributed by atoms with Crippen LogP contribution in [0.4, 0.5) is 13.2 Å². The minimum absolute atomic E-state index is 0.0487. The number of alkyl halides is 3. The van der Waals surface area contributed by atoms with E-state index in [0.717, 1.165) is 7.11 Å². The Labute approximate surface area is 104 Å². The average Bonchev–Trinajstić information content (AvgIpc) is 2.22. The van der Waals surface area contributed by atoms with Crippen molar-refractivity contribution in [1.82, 2.24) is 4.41 Å². The Morgan fingerprint density at radius 1 is 1.53 bits per heavy atom. The summed E-state index contributed by atoms with van der Waals surface area (Å²) in [6, 6.07) is 0. The zero-order chi connectivity index (χ0) is 13.5. The van der Waals surface area contributed by atoms with Gasteiger partial charge in [0.25, 0.3) is 0 Å². The van der Waals surface area contributed by atoms with Gasteiger partial charge in [0.2, 0.25) is 5.76 Å². The molecule has 0 unspecified atom stereocenters. The molecule has 5 nitrogen and oxygen atoms in total. The van der Waals surface area contributed by atoms with E-state index in [1.807, 2.05) is 0 Å². The van der Waals surface area contributed by atoms with Crippen LogP contribution in [0.1, 0.15) is 6.92 Å². The van der Waals surface area contributed by atoms with Crippen molar-refractivity contribution >= 4 is 28.7 Å². The number of esters is 1. The summed E-state index contributed by atoms with van der Waals surface area (Å²) in [5.74, 6) is -2.10. The lowest BCUT2D eigenvalue weighted by Crippen LogP contribution is -2.22. The van der Waals surface area contributed by atoms with Crippen LogP contribution in [-0.4, -0.2) is 48.6 Å². The van der Waals surface area contributed by atoms with Crippen molar-refractivity contribution in [3.05, 3.63) is 11.3 Å². The van der Waals surface area contributed by atoms with Crippen molar-refractivity contribution in [3.63, 3.8) is 0 Å². The Morgan fingerprint density at radius 3 is 2.47 bits per heavy atom. The normalized spacial score (nSPS) is 13.2. The Balaban J connectivity index is 5.44. The van der Waals surface area contributed by atoms with Gasteiger partial charge in [-0.3, -0.25) is 0 Å². The molecular formula is C8H12AlF3N2O3. The van der Waals surface area contributed by atoms with E-state index in [4.69, 9.17) is 0 Å². The summed E-state index contributed by atoms with van der Waals surface area (Å²) in [5.41, 5.74) is -1.29. The highest BCUT2D eigenvalue weighted by molar-refractivity contribution is 6.05. The Hall–Kier alpha value is -1.20. The van der Waals surface area contributed by atoms with Crippen LogP contribution in [0.25, 0.3) is 0 Å². The fourth-order valence-corrected chi connectivity index (χ4v) is 1.02. The minimum Gasteiger partial charge on any atom is -0.489 e. The second-order valence-corrected chi connectivity index (χ2v) is 3.09. The van der Waals surface area contributed by atoms with E-state index in [1.165, 1.54) is 6.92 Å². The van der Waals surface area contributed by atoms with E-state index in [0.29, 0.717) is 22.7 Å². The van der Waals surface area contributed by atoms with Gasteiger partial charge in [-0.15, -0.1) is 0 Å². The number of nitrogens with one attached hydrogen (secondary N) is 1. The topological polar surface area (TPSA) is 59.9 Å². The average molecular weight is 268 g/mol. The molecule has 0 aromatic rings. The number of nitrogens with zero attached hydrogens (tertiary/aromatic N) is 1. The molecule has 96 valence electrons. The fraction of sp³-hybridized carbons (Fsp3) is 0.500. The summed E-state index contributed by atoms with van der Waals surface area (Å²) in [6.45, 7) is 1.43. The Morgan fingerprint density at radius 2 is 2.12 bits per heavy atom. The molecule has 0 fully saturated rings. The van der Waals surface area contributed by atoms with Crippen molar-refractivity contribution in [2.24, 2.45) is 5.10 Å². The molecule has 0 bridgehead atoms. The molecular weight excluding hydrogens is 256 g/mol. The van der Waals surface area contributed by atoms with Gasteiger partial charge >= 0.3 is 28.7 Å². The second-order valence-electron chi connectivity index (χ2n) is 2.65. The lowest BCUT2D eigenvalue weighted by Gasteiger charge is -2.12. The largest absolute Gasteiger partial charge is 0.489 e. The molecule has 0 amide bonds. The number of ether oxygens (including phenoxy) is 2. The molecule has 1 N–H and O–H groups in total. The SMILES string of the molecule is CCOC(=O)/C(OC)=C(\C=N\[NH][AlH2])C(F)(F)F. The van der Waals surface area contributed by atoms with E-state index >= 15 is 0 Å². The maximum atomic E-state index is 12.6. The Bertz CT molecular complexity index is 328. The number of rotatable bonds is 5. The van der Waals surface area contributed by atoms with Crippen molar-refractivity contribution in [3.8, 4) is 0 Å². The summed E-state index contributed by atoms with van der Waals surface area (Å²) in [6.07, 6.45) is -4.26. The van der Waals surface area contributed by atoms with Gasteiger partial charge in [0.1, 0.15) is 5.57 Å². The highest BCUT2D eigenvalue weighted by Gasteiger charge is 2.38. The third-order valence-corrected chi connectivity index (χ3v) is 1.80. The standard InChI is InChI=1S/C8H11F3N2O3.Al.2H/c1-3-16-7(14)6(15-2)5(4-13-12)8(9,10)11;;;/h4H,3H2,1-2H3,(H2,12,14);;;/q;+1;;/p-1. The fourth-order valence-electron chi connectivity index (χ4n) is 0.890. The Kier molecular flexibility index (Phi) is 6.68. The summed E-state index contributed by atoms with van der Waals surface area (Å²) >= 11 is 0.382. The van der Waals surface area contributed by atoms with Crippen LogP contribution >= 0.6 is 0 Å². The van der Waals surface area contributed by atoms with Crippen LogP contribution in [0.15, 0.2) is 16.4 Å². The molecule has 0 spiro atoms. The smallest absolute Gasteiger partial charge is 0.421 e. The molecule has 0 aliphatic heterocycles. The number of carbonyl (C=O) groups is 1. The van der Waals surface area contributed by atoms with Crippen LogP contribution in [0.5, 0.6) is 0 Å². The van der Waals surface area contributed by atoms with Gasteiger partial charge in [0, 0.05) is 0 Å². The van der Waals surface area contributed by atoms with Crippen LogP contribution in [0, 0.1) is 0 Å². The first-order valence-electron chi connectivity index (χ1n) is 4.60. The molecule has 0 atom stereocenters. The predicted octanol–water partition coefficient (Wildman–Crippen LogP) is 0.136. The molecule has 0 aliphatic carbocycles. The molecule has 9 heteroatoms. The monoisotopic (exact) mass is 268 g/mol. The highest BCUT2D eigenvalue weighted by atomic mass is 27.1. The zero-order valence-electron chi connectivity index (χ0n) is 9.59. The summed E-state index contributed by atoms with van der Waals surface area (Å²) in [5, 5.41) is 3.27. The van der Waals surface area contributed by atoms with Gasteiger partial charge in [0.05, 0.1) is 19.9 Å². The summed E-state index contributed by atoms with van der Waals surface area (Å²) < 4.78 is 49.1. The van der Waals surface area contributed by atoms with Crippen LogP contribution in [0.3, 0.4) is 0 Å². The number of halogens is 3. The first-order valence-corrected chi connectivity index (χ1v) is 5.60. The van der Waals surface area contributed by atoms with Crippen LogP contribution < -0.4 is 4.41 Å². The van der Waals surface area contributed by atoms with Crippen LogP contribution in [-0.2, 0) is 14.3 Å². The molecule has 0 aliphatic rings. The molecule has 0 aromatic carbocycles. The molecule has 0 saturated heterocycles. The first-order chi connectivity index (χ1) is 7.88. The third kappa shape index (κ3) is 5.10.